The highest BCUT2D eigenvalue weighted by atomic mass is 35.5. The molecule has 0 spiro atoms. The van der Waals surface area contributed by atoms with Gasteiger partial charge in [0.1, 0.15) is 12.6 Å². The Labute approximate surface area is 149 Å². The van der Waals surface area contributed by atoms with Gasteiger partial charge in [-0.3, -0.25) is 0 Å². The highest BCUT2D eigenvalue weighted by molar-refractivity contribution is 6.20. The molecule has 5 heteroatoms. The van der Waals surface area contributed by atoms with E-state index >= 15 is 0 Å². The van der Waals surface area contributed by atoms with Crippen molar-refractivity contribution in [1.29, 1.82) is 0 Å². The van der Waals surface area contributed by atoms with Crippen LogP contribution in [0.15, 0.2) is 0 Å². The largest absolute Gasteiger partial charge is 1.00 e. The maximum absolute atomic E-state index is 9.47. The lowest BCUT2D eigenvalue weighted by Crippen LogP contribution is -3.00. The molecule has 3 nitrogen and oxygen atoms in total. The number of hydrogen-bond donors (Lipinski definition) is 1. The Bertz CT molecular complexity index is 227. The van der Waals surface area contributed by atoms with Crippen LogP contribution in [0.5, 0.6) is 0 Å². The summed E-state index contributed by atoms with van der Waals surface area (Å²) in [4.78, 5) is 0. The van der Waals surface area contributed by atoms with Crippen LogP contribution in [0.1, 0.15) is 71.6 Å². The molecule has 0 saturated carbocycles. The molecule has 0 aliphatic heterocycles. The molecule has 0 bridgehead atoms. The maximum atomic E-state index is 9.47. The molecule has 2 atom stereocenters. The second kappa shape index (κ2) is 16.3. The Morgan fingerprint density at radius 2 is 1.45 bits per heavy atom. The van der Waals surface area contributed by atoms with E-state index in [1.807, 2.05) is 6.92 Å². The molecule has 22 heavy (non-hydrogen) atoms. The molecular formula is C17H39Cl2NO2. The van der Waals surface area contributed by atoms with E-state index < -0.39 is 0 Å². The quantitative estimate of drug-likeness (QED) is 0.294. The minimum Gasteiger partial charge on any atom is -1.00 e. The van der Waals surface area contributed by atoms with E-state index in [0.717, 1.165) is 30.4 Å². The van der Waals surface area contributed by atoms with Crippen molar-refractivity contribution in [3.63, 3.8) is 0 Å². The van der Waals surface area contributed by atoms with Gasteiger partial charge in [-0.1, -0.05) is 51.9 Å². The van der Waals surface area contributed by atoms with Crippen LogP contribution in [-0.2, 0) is 0 Å². The second-order valence-corrected chi connectivity index (χ2v) is 7.60. The summed E-state index contributed by atoms with van der Waals surface area (Å²) >= 11 is 6.41. The minimum atomic E-state index is -0.234. The third-order valence-corrected chi connectivity index (χ3v) is 4.36. The van der Waals surface area contributed by atoms with E-state index in [0.29, 0.717) is 5.38 Å². The summed E-state index contributed by atoms with van der Waals surface area (Å²) in [7, 11) is 4.34. The van der Waals surface area contributed by atoms with E-state index in [1.54, 1.807) is 0 Å². The highest BCUT2D eigenvalue weighted by Crippen LogP contribution is 2.16. The fourth-order valence-electron chi connectivity index (χ4n) is 2.76. The summed E-state index contributed by atoms with van der Waals surface area (Å²) < 4.78 is 0.859. The van der Waals surface area contributed by atoms with Crippen LogP contribution >= 0.6 is 11.6 Å². The van der Waals surface area contributed by atoms with Crippen molar-refractivity contribution < 1.29 is 27.5 Å². The van der Waals surface area contributed by atoms with Crippen LogP contribution in [0.25, 0.3) is 0 Å². The van der Waals surface area contributed by atoms with Gasteiger partial charge in [0.15, 0.2) is 0 Å². The fourth-order valence-corrected chi connectivity index (χ4v) is 3.02. The first-order valence-corrected chi connectivity index (χ1v) is 8.95. The van der Waals surface area contributed by atoms with Gasteiger partial charge in [0.05, 0.1) is 20.6 Å². The number of hydrogen-bond acceptors (Lipinski definition) is 1. The third-order valence-electron chi connectivity index (χ3n) is 3.93. The minimum absolute atomic E-state index is 0. The van der Waals surface area contributed by atoms with E-state index in [2.05, 4.69) is 21.0 Å². The molecule has 0 aromatic rings. The van der Waals surface area contributed by atoms with Gasteiger partial charge in [0.2, 0.25) is 0 Å². The predicted molar refractivity (Wildman–Crippen MR) is 94.0 cm³/mol. The summed E-state index contributed by atoms with van der Waals surface area (Å²) in [6.45, 7) is 5.98. The summed E-state index contributed by atoms with van der Waals surface area (Å²) in [6, 6.07) is 0. The van der Waals surface area contributed by atoms with Gasteiger partial charge in [-0.25, -0.2) is 0 Å². The van der Waals surface area contributed by atoms with Crippen molar-refractivity contribution >= 4 is 11.6 Å². The first-order valence-electron chi connectivity index (χ1n) is 8.51. The number of rotatable bonds is 13. The van der Waals surface area contributed by atoms with Crippen molar-refractivity contribution in [1.82, 2.24) is 0 Å². The molecule has 138 valence electrons. The Morgan fingerprint density at radius 3 is 1.95 bits per heavy atom. The number of aliphatic hydroxyl groups excluding tert-OH is 1. The molecular weight excluding hydrogens is 321 g/mol. The molecule has 0 aromatic carbocycles. The molecule has 0 aromatic heterocycles. The lowest BCUT2D eigenvalue weighted by atomic mass is 10.1. The Hall–Kier alpha value is 0.460. The van der Waals surface area contributed by atoms with Crippen LogP contribution in [0.4, 0.5) is 0 Å². The Kier molecular flexibility index (Phi) is 20.3. The Balaban J connectivity index is -0.00000180. The van der Waals surface area contributed by atoms with Crippen LogP contribution in [-0.4, -0.2) is 53.7 Å². The number of aliphatic hydroxyl groups is 1. The van der Waals surface area contributed by atoms with Crippen LogP contribution < -0.4 is 12.4 Å². The molecule has 2 unspecified atom stereocenters. The molecule has 0 amide bonds. The van der Waals surface area contributed by atoms with E-state index in [9.17, 15) is 5.11 Å². The van der Waals surface area contributed by atoms with Crippen molar-refractivity contribution in [2.45, 2.75) is 83.1 Å². The highest BCUT2D eigenvalue weighted by Gasteiger charge is 2.19. The zero-order chi connectivity index (χ0) is 15.4. The molecule has 0 rings (SSSR count). The first kappa shape index (κ1) is 27.3. The van der Waals surface area contributed by atoms with Crippen LogP contribution in [0.3, 0.4) is 0 Å². The number of halogens is 2. The molecule has 3 N–H and O–H groups in total. The first-order chi connectivity index (χ1) is 9.37. The smallest absolute Gasteiger partial charge is 0.104 e. The monoisotopic (exact) mass is 359 g/mol. The zero-order valence-electron chi connectivity index (χ0n) is 15.1. The number of nitrogens with zero attached hydrogens (tertiary/aromatic N) is 1. The van der Waals surface area contributed by atoms with Gasteiger partial charge >= 0.3 is 0 Å². The standard InChI is InChI=1S/C17H37ClNO.ClH.H2O/c1-5-6-7-8-9-10-11-12-17(18)13-14-19(3,4)15-16(2)20;;/h16-17,20H,5-15H2,1-4H3;1H;1H2/q+1;;/p-1. The summed E-state index contributed by atoms with van der Waals surface area (Å²) in [6.07, 6.45) is 11.4. The van der Waals surface area contributed by atoms with Crippen molar-refractivity contribution in [2.75, 3.05) is 27.2 Å². The molecule has 0 aliphatic carbocycles. The second-order valence-electron chi connectivity index (χ2n) is 6.99. The molecule has 0 heterocycles. The third kappa shape index (κ3) is 18.5. The number of unbranched alkanes of at least 4 members (excludes halogenated alkanes) is 6. The molecule has 0 aliphatic rings. The predicted octanol–water partition coefficient (Wildman–Crippen LogP) is 0.761. The van der Waals surface area contributed by atoms with Gasteiger partial charge in [0, 0.05) is 11.8 Å². The summed E-state index contributed by atoms with van der Waals surface area (Å²) in [5, 5.41) is 9.77. The molecule has 0 radical (unpaired) electrons. The number of quaternary nitrogens is 1. The van der Waals surface area contributed by atoms with Crippen molar-refractivity contribution in [2.24, 2.45) is 0 Å². The Morgan fingerprint density at radius 1 is 0.955 bits per heavy atom. The van der Waals surface area contributed by atoms with E-state index in [4.69, 9.17) is 11.6 Å². The average molecular weight is 360 g/mol. The average Bonchev–Trinajstić information content (AvgIpc) is 2.34. The summed E-state index contributed by atoms with van der Waals surface area (Å²) in [5.74, 6) is 0. The molecule has 0 fully saturated rings. The van der Waals surface area contributed by atoms with Gasteiger partial charge in [0.25, 0.3) is 0 Å². The SMILES string of the molecule is CCCCCCCCCC(Cl)CC[N+](C)(C)CC(C)O.O.[Cl-]. The normalized spacial score (nSPS) is 13.9. The van der Waals surface area contributed by atoms with Crippen LogP contribution in [0, 0.1) is 0 Å². The lowest BCUT2D eigenvalue weighted by molar-refractivity contribution is -0.893. The van der Waals surface area contributed by atoms with Crippen molar-refractivity contribution in [3.05, 3.63) is 0 Å². The van der Waals surface area contributed by atoms with E-state index in [-0.39, 0.29) is 24.0 Å². The van der Waals surface area contributed by atoms with Gasteiger partial charge in [-0.15, -0.1) is 11.6 Å². The van der Waals surface area contributed by atoms with Crippen LogP contribution in [0.2, 0.25) is 0 Å². The van der Waals surface area contributed by atoms with E-state index in [1.165, 1.54) is 44.9 Å². The van der Waals surface area contributed by atoms with Crippen molar-refractivity contribution in [3.8, 4) is 0 Å². The zero-order valence-corrected chi connectivity index (χ0v) is 16.6. The fraction of sp³-hybridized carbons (Fsp3) is 1.00. The van der Waals surface area contributed by atoms with Gasteiger partial charge in [-0.05, 0) is 13.3 Å². The topological polar surface area (TPSA) is 51.7 Å². The number of alkyl halides is 1. The molecule has 0 saturated heterocycles. The maximum Gasteiger partial charge on any atom is 0.104 e. The summed E-state index contributed by atoms with van der Waals surface area (Å²) in [5.41, 5.74) is 0. The lowest BCUT2D eigenvalue weighted by Gasteiger charge is -2.31. The van der Waals surface area contributed by atoms with Gasteiger partial charge < -0.3 is 27.5 Å². The van der Waals surface area contributed by atoms with Gasteiger partial charge in [-0.2, -0.15) is 0 Å². The number of likely N-dealkylation sites (N-methyl/N-ethyl adjacent to an activating group) is 1.